The van der Waals surface area contributed by atoms with Gasteiger partial charge in [0, 0.05) is 12.0 Å². The fraction of sp³-hybridized carbons (Fsp3) is 0.615. The number of carbonyl (C=O) groups excluding carboxylic acids is 1. The van der Waals surface area contributed by atoms with Gasteiger partial charge in [-0.05, 0) is 25.7 Å². The van der Waals surface area contributed by atoms with Crippen molar-refractivity contribution in [1.29, 1.82) is 0 Å². The highest BCUT2D eigenvalue weighted by molar-refractivity contribution is 5.98. The topological polar surface area (TPSA) is 17.1 Å². The van der Waals surface area contributed by atoms with E-state index in [0.717, 1.165) is 31.3 Å². The van der Waals surface area contributed by atoms with Gasteiger partial charge < -0.3 is 0 Å². The van der Waals surface area contributed by atoms with Crippen molar-refractivity contribution < 1.29 is 4.79 Å². The van der Waals surface area contributed by atoms with E-state index >= 15 is 0 Å². The van der Waals surface area contributed by atoms with E-state index in [-0.39, 0.29) is 0 Å². The van der Waals surface area contributed by atoms with Crippen molar-refractivity contribution in [3.63, 3.8) is 0 Å². The van der Waals surface area contributed by atoms with Gasteiger partial charge in [-0.2, -0.15) is 0 Å². The Labute approximate surface area is 86.9 Å². The molecule has 0 atom stereocenters. The minimum atomic E-state index is 0.322. The fourth-order valence-electron chi connectivity index (χ4n) is 1.66. The van der Waals surface area contributed by atoms with Gasteiger partial charge in [0.2, 0.25) is 0 Å². The summed E-state index contributed by atoms with van der Waals surface area (Å²) in [5, 5.41) is 0. The standard InChI is InChI=1S/C13H20O/c1-2-3-4-5-6-9-12-10-7-8-11-13(12)14/h6,9-10H,2-5,7-8,11H2,1H3/b9-6+. The zero-order chi connectivity index (χ0) is 10.2. The molecule has 1 aliphatic carbocycles. The molecule has 0 aromatic heterocycles. The Morgan fingerprint density at radius 3 is 3.00 bits per heavy atom. The first-order valence-electron chi connectivity index (χ1n) is 5.74. The first-order chi connectivity index (χ1) is 6.84. The van der Waals surface area contributed by atoms with Crippen LogP contribution in [0.4, 0.5) is 0 Å². The quantitative estimate of drug-likeness (QED) is 0.605. The Kier molecular flexibility index (Phi) is 5.28. The second-order valence-electron chi connectivity index (χ2n) is 3.87. The van der Waals surface area contributed by atoms with Crippen LogP contribution in [0.15, 0.2) is 23.8 Å². The van der Waals surface area contributed by atoms with Gasteiger partial charge in [-0.15, -0.1) is 0 Å². The van der Waals surface area contributed by atoms with Crippen molar-refractivity contribution in [2.24, 2.45) is 0 Å². The molecule has 0 radical (unpaired) electrons. The molecule has 0 bridgehead atoms. The van der Waals surface area contributed by atoms with Crippen molar-refractivity contribution in [3.8, 4) is 0 Å². The maximum atomic E-state index is 11.4. The summed E-state index contributed by atoms with van der Waals surface area (Å²) >= 11 is 0. The van der Waals surface area contributed by atoms with E-state index in [0.29, 0.717) is 5.78 Å². The van der Waals surface area contributed by atoms with Crippen LogP contribution in [0.3, 0.4) is 0 Å². The highest BCUT2D eigenvalue weighted by Gasteiger charge is 2.09. The summed E-state index contributed by atoms with van der Waals surface area (Å²) < 4.78 is 0. The summed E-state index contributed by atoms with van der Waals surface area (Å²) in [5.74, 6) is 0.322. The van der Waals surface area contributed by atoms with Gasteiger partial charge in [0.25, 0.3) is 0 Å². The van der Waals surface area contributed by atoms with Crippen molar-refractivity contribution in [2.75, 3.05) is 0 Å². The van der Waals surface area contributed by atoms with Crippen LogP contribution < -0.4 is 0 Å². The van der Waals surface area contributed by atoms with Gasteiger partial charge in [-0.1, -0.05) is 38.0 Å². The molecule has 1 heteroatoms. The minimum Gasteiger partial charge on any atom is -0.294 e. The maximum absolute atomic E-state index is 11.4. The highest BCUT2D eigenvalue weighted by atomic mass is 16.1. The summed E-state index contributed by atoms with van der Waals surface area (Å²) in [7, 11) is 0. The molecule has 1 aliphatic rings. The predicted octanol–water partition coefficient (Wildman–Crippen LogP) is 3.80. The van der Waals surface area contributed by atoms with E-state index < -0.39 is 0 Å². The number of Topliss-reactive ketones (excluding diaryl/α,β-unsaturated/α-hetero) is 1. The number of ketones is 1. The number of allylic oxidation sites excluding steroid dienone is 4. The first-order valence-corrected chi connectivity index (χ1v) is 5.74. The molecule has 0 heterocycles. The third-order valence-corrected chi connectivity index (χ3v) is 2.57. The van der Waals surface area contributed by atoms with Gasteiger partial charge in [0.1, 0.15) is 0 Å². The minimum absolute atomic E-state index is 0.322. The van der Waals surface area contributed by atoms with Crippen LogP contribution in [0.2, 0.25) is 0 Å². The molecule has 78 valence electrons. The Morgan fingerprint density at radius 1 is 1.43 bits per heavy atom. The summed E-state index contributed by atoms with van der Waals surface area (Å²) in [5.41, 5.74) is 0.938. The molecule has 0 saturated heterocycles. The van der Waals surface area contributed by atoms with E-state index in [9.17, 15) is 4.79 Å². The summed E-state index contributed by atoms with van der Waals surface area (Å²) in [6.45, 7) is 2.21. The van der Waals surface area contributed by atoms with Crippen LogP contribution in [-0.4, -0.2) is 5.78 Å². The lowest BCUT2D eigenvalue weighted by atomic mass is 9.97. The zero-order valence-corrected chi connectivity index (χ0v) is 9.09. The molecular weight excluding hydrogens is 172 g/mol. The Morgan fingerprint density at radius 2 is 2.29 bits per heavy atom. The number of hydrogen-bond donors (Lipinski definition) is 0. The molecule has 0 N–H and O–H groups in total. The van der Waals surface area contributed by atoms with E-state index in [2.05, 4.69) is 19.1 Å². The van der Waals surface area contributed by atoms with Crippen LogP contribution in [0.25, 0.3) is 0 Å². The number of unbranched alkanes of at least 4 members (excludes halogenated alkanes) is 3. The SMILES string of the molecule is CCCCC/C=C/C1=CCCCC1=O. The lowest BCUT2D eigenvalue weighted by molar-refractivity contribution is -0.115. The van der Waals surface area contributed by atoms with E-state index in [4.69, 9.17) is 0 Å². The molecule has 0 spiro atoms. The van der Waals surface area contributed by atoms with Crippen LogP contribution in [0.1, 0.15) is 51.9 Å². The summed E-state index contributed by atoms with van der Waals surface area (Å²) in [4.78, 5) is 11.4. The molecule has 0 aliphatic heterocycles. The van der Waals surface area contributed by atoms with Crippen LogP contribution >= 0.6 is 0 Å². The van der Waals surface area contributed by atoms with Gasteiger partial charge in [-0.3, -0.25) is 4.79 Å². The number of carbonyl (C=O) groups is 1. The first kappa shape index (κ1) is 11.2. The lowest BCUT2D eigenvalue weighted by Crippen LogP contribution is -2.04. The molecule has 1 rings (SSSR count). The van der Waals surface area contributed by atoms with Crippen molar-refractivity contribution in [3.05, 3.63) is 23.8 Å². The number of rotatable bonds is 5. The average Bonchev–Trinajstić information content (AvgIpc) is 2.20. The van der Waals surface area contributed by atoms with E-state index in [1.807, 2.05) is 6.08 Å². The van der Waals surface area contributed by atoms with Crippen LogP contribution in [0.5, 0.6) is 0 Å². The Balaban J connectivity index is 2.28. The van der Waals surface area contributed by atoms with Crippen molar-refractivity contribution in [2.45, 2.75) is 51.9 Å². The monoisotopic (exact) mass is 192 g/mol. The van der Waals surface area contributed by atoms with Crippen molar-refractivity contribution in [1.82, 2.24) is 0 Å². The second-order valence-corrected chi connectivity index (χ2v) is 3.87. The smallest absolute Gasteiger partial charge is 0.162 e. The lowest BCUT2D eigenvalue weighted by Gasteiger charge is -2.06. The van der Waals surface area contributed by atoms with Crippen LogP contribution in [0, 0.1) is 0 Å². The van der Waals surface area contributed by atoms with Gasteiger partial charge in [0.05, 0.1) is 0 Å². The molecule has 0 aromatic carbocycles. The van der Waals surface area contributed by atoms with Crippen LogP contribution in [-0.2, 0) is 4.79 Å². The molecule has 0 unspecified atom stereocenters. The normalized spacial score (nSPS) is 17.5. The summed E-state index contributed by atoms with van der Waals surface area (Å²) in [6.07, 6.45) is 14.0. The van der Waals surface area contributed by atoms with Gasteiger partial charge in [0.15, 0.2) is 5.78 Å². The largest absolute Gasteiger partial charge is 0.294 e. The third-order valence-electron chi connectivity index (χ3n) is 2.57. The Bertz CT molecular complexity index is 236. The molecule has 0 fully saturated rings. The summed E-state index contributed by atoms with van der Waals surface area (Å²) in [6, 6.07) is 0. The second kappa shape index (κ2) is 6.58. The molecule has 0 aromatic rings. The van der Waals surface area contributed by atoms with Gasteiger partial charge in [-0.25, -0.2) is 0 Å². The zero-order valence-electron chi connectivity index (χ0n) is 9.09. The van der Waals surface area contributed by atoms with E-state index in [1.165, 1.54) is 19.3 Å². The van der Waals surface area contributed by atoms with E-state index in [1.54, 1.807) is 0 Å². The highest BCUT2D eigenvalue weighted by Crippen LogP contribution is 2.15. The Hall–Kier alpha value is -0.850. The van der Waals surface area contributed by atoms with Crippen molar-refractivity contribution >= 4 is 5.78 Å². The molecular formula is C13H20O. The molecule has 14 heavy (non-hydrogen) atoms. The molecule has 1 nitrogen and oxygen atoms in total. The fourth-order valence-corrected chi connectivity index (χ4v) is 1.66. The van der Waals surface area contributed by atoms with Gasteiger partial charge >= 0.3 is 0 Å². The molecule has 0 amide bonds. The maximum Gasteiger partial charge on any atom is 0.162 e. The third kappa shape index (κ3) is 3.91. The number of hydrogen-bond acceptors (Lipinski definition) is 1. The molecule has 0 saturated carbocycles. The average molecular weight is 192 g/mol. The predicted molar refractivity (Wildman–Crippen MR) is 60.2 cm³/mol.